The van der Waals surface area contributed by atoms with Gasteiger partial charge >= 0.3 is 0 Å². The topological polar surface area (TPSA) is 34.1 Å². The van der Waals surface area contributed by atoms with Gasteiger partial charge in [-0.05, 0) is 85.5 Å². The van der Waals surface area contributed by atoms with E-state index in [4.69, 9.17) is 0 Å². The van der Waals surface area contributed by atoms with Crippen LogP contribution in [-0.4, -0.2) is 16.7 Å². The molecule has 6 unspecified atom stereocenters. The van der Waals surface area contributed by atoms with Gasteiger partial charge in [0.25, 0.3) is 0 Å². The Morgan fingerprint density at radius 1 is 1.12 bits per heavy atom. The van der Waals surface area contributed by atoms with Gasteiger partial charge in [-0.15, -0.1) is 0 Å². The van der Waals surface area contributed by atoms with Crippen LogP contribution in [0.25, 0.3) is 0 Å². The highest BCUT2D eigenvalue weighted by molar-refractivity contribution is 8.13. The Balaban J connectivity index is 1.57. The van der Waals surface area contributed by atoms with E-state index in [1.54, 1.807) is 18.7 Å². The van der Waals surface area contributed by atoms with Crippen molar-refractivity contribution in [3.8, 4) is 0 Å². The molecule has 3 saturated carbocycles. The molecular formula is C22H32O2S. The molecule has 0 spiro atoms. The largest absolute Gasteiger partial charge is 0.295 e. The number of rotatable bonds is 2. The molecule has 3 heteroatoms. The van der Waals surface area contributed by atoms with E-state index in [9.17, 15) is 9.59 Å². The van der Waals surface area contributed by atoms with Crippen LogP contribution in [0.15, 0.2) is 11.6 Å². The van der Waals surface area contributed by atoms with E-state index in [-0.39, 0.29) is 10.5 Å². The van der Waals surface area contributed by atoms with Crippen molar-refractivity contribution in [2.75, 3.05) is 5.75 Å². The first kappa shape index (κ1) is 17.8. The number of hydrogen-bond acceptors (Lipinski definition) is 3. The zero-order valence-corrected chi connectivity index (χ0v) is 16.8. The maximum atomic E-state index is 11.9. The number of carbonyl (C=O) groups is 2. The van der Waals surface area contributed by atoms with Gasteiger partial charge in [0.1, 0.15) is 0 Å². The van der Waals surface area contributed by atoms with E-state index >= 15 is 0 Å². The van der Waals surface area contributed by atoms with E-state index in [2.05, 4.69) is 13.8 Å². The second kappa shape index (κ2) is 6.25. The second-order valence-electron chi connectivity index (χ2n) is 9.59. The summed E-state index contributed by atoms with van der Waals surface area (Å²) in [6, 6.07) is 0. The van der Waals surface area contributed by atoms with Gasteiger partial charge in [-0.2, -0.15) is 0 Å². The standard InChI is InChI=1S/C22H32O2S/c1-14(23)25-13-16-5-7-19-18-6-4-15-12-17(24)8-10-21(15,2)20(18)9-11-22(16,19)3/h12,16,18-20H,4-11,13H2,1-3H3. The molecule has 3 fully saturated rings. The lowest BCUT2D eigenvalue weighted by Gasteiger charge is -2.58. The number of thioether (sulfide) groups is 1. The second-order valence-corrected chi connectivity index (χ2v) is 10.8. The van der Waals surface area contributed by atoms with Crippen molar-refractivity contribution in [3.63, 3.8) is 0 Å². The maximum Gasteiger partial charge on any atom is 0.185 e. The van der Waals surface area contributed by atoms with Gasteiger partial charge < -0.3 is 0 Å². The van der Waals surface area contributed by atoms with Crippen LogP contribution in [0.2, 0.25) is 0 Å². The number of allylic oxidation sites excluding steroid dienone is 1. The smallest absolute Gasteiger partial charge is 0.185 e. The molecule has 0 amide bonds. The molecule has 0 saturated heterocycles. The fraction of sp³-hybridized carbons (Fsp3) is 0.818. The van der Waals surface area contributed by atoms with Crippen LogP contribution >= 0.6 is 11.8 Å². The molecule has 6 atom stereocenters. The van der Waals surface area contributed by atoms with Gasteiger partial charge in [-0.25, -0.2) is 0 Å². The third-order valence-corrected chi connectivity index (χ3v) is 9.62. The number of hydrogen-bond donors (Lipinski definition) is 0. The molecule has 4 aliphatic carbocycles. The van der Waals surface area contributed by atoms with E-state index in [1.165, 1.54) is 37.7 Å². The van der Waals surface area contributed by atoms with Crippen molar-refractivity contribution in [3.05, 3.63) is 11.6 Å². The molecule has 0 aromatic heterocycles. The molecule has 138 valence electrons. The first-order chi connectivity index (χ1) is 11.8. The fourth-order valence-corrected chi connectivity index (χ4v) is 8.14. The average Bonchev–Trinajstić information content (AvgIpc) is 2.90. The van der Waals surface area contributed by atoms with Crippen LogP contribution in [-0.2, 0) is 9.59 Å². The molecule has 0 aliphatic heterocycles. The predicted octanol–water partition coefficient (Wildman–Crippen LogP) is 5.41. The third kappa shape index (κ3) is 2.76. The van der Waals surface area contributed by atoms with Crippen LogP contribution in [0.4, 0.5) is 0 Å². The molecule has 0 radical (unpaired) electrons. The molecular weight excluding hydrogens is 328 g/mol. The number of fused-ring (bicyclic) bond motifs is 5. The Labute approximate surface area is 156 Å². The average molecular weight is 361 g/mol. The minimum Gasteiger partial charge on any atom is -0.295 e. The Morgan fingerprint density at radius 2 is 1.92 bits per heavy atom. The van der Waals surface area contributed by atoms with Gasteiger partial charge in [-0.1, -0.05) is 31.2 Å². The molecule has 4 rings (SSSR count). The van der Waals surface area contributed by atoms with Crippen LogP contribution in [0.3, 0.4) is 0 Å². The van der Waals surface area contributed by atoms with E-state index in [0.717, 1.165) is 42.8 Å². The molecule has 25 heavy (non-hydrogen) atoms. The summed E-state index contributed by atoms with van der Waals surface area (Å²) < 4.78 is 0. The molecule has 0 N–H and O–H groups in total. The van der Waals surface area contributed by atoms with Gasteiger partial charge in [0.2, 0.25) is 0 Å². The summed E-state index contributed by atoms with van der Waals surface area (Å²) in [6.07, 6.45) is 11.6. The molecule has 4 aliphatic rings. The van der Waals surface area contributed by atoms with Gasteiger partial charge in [0.05, 0.1) is 0 Å². The zero-order chi connectivity index (χ0) is 17.8. The van der Waals surface area contributed by atoms with E-state index < -0.39 is 0 Å². The number of carbonyl (C=O) groups excluding carboxylic acids is 2. The highest BCUT2D eigenvalue weighted by atomic mass is 32.2. The predicted molar refractivity (Wildman–Crippen MR) is 103 cm³/mol. The van der Waals surface area contributed by atoms with Crippen molar-refractivity contribution in [1.82, 2.24) is 0 Å². The molecule has 0 aromatic carbocycles. The van der Waals surface area contributed by atoms with Crippen molar-refractivity contribution in [2.45, 2.75) is 72.1 Å². The first-order valence-electron chi connectivity index (χ1n) is 10.2. The van der Waals surface area contributed by atoms with Crippen molar-refractivity contribution in [2.24, 2.45) is 34.5 Å². The third-order valence-electron chi connectivity index (χ3n) is 8.65. The number of ketones is 1. The molecule has 0 heterocycles. The zero-order valence-electron chi connectivity index (χ0n) is 16.0. The Bertz CT molecular complexity index is 624. The van der Waals surface area contributed by atoms with Crippen LogP contribution in [0.1, 0.15) is 72.1 Å². The van der Waals surface area contributed by atoms with E-state index in [1.807, 2.05) is 6.08 Å². The summed E-state index contributed by atoms with van der Waals surface area (Å²) in [4.78, 5) is 23.4. The summed E-state index contributed by atoms with van der Waals surface area (Å²) in [7, 11) is 0. The highest BCUT2D eigenvalue weighted by Crippen LogP contribution is 2.66. The molecule has 2 nitrogen and oxygen atoms in total. The van der Waals surface area contributed by atoms with Crippen molar-refractivity contribution >= 4 is 22.7 Å². The van der Waals surface area contributed by atoms with Gasteiger partial charge in [0.15, 0.2) is 10.9 Å². The lowest BCUT2D eigenvalue weighted by atomic mass is 9.47. The fourth-order valence-electron chi connectivity index (χ4n) is 7.16. The minimum absolute atomic E-state index is 0.271. The molecule has 0 aromatic rings. The monoisotopic (exact) mass is 360 g/mol. The van der Waals surface area contributed by atoms with Crippen LogP contribution in [0, 0.1) is 34.5 Å². The van der Waals surface area contributed by atoms with Crippen LogP contribution in [0.5, 0.6) is 0 Å². The highest BCUT2D eigenvalue weighted by Gasteiger charge is 2.58. The summed E-state index contributed by atoms with van der Waals surface area (Å²) in [6.45, 7) is 6.70. The first-order valence-corrected chi connectivity index (χ1v) is 11.2. The quantitative estimate of drug-likeness (QED) is 0.660. The van der Waals surface area contributed by atoms with E-state index in [0.29, 0.717) is 17.1 Å². The summed E-state index contributed by atoms with van der Waals surface area (Å²) >= 11 is 1.54. The molecule has 0 bridgehead atoms. The Morgan fingerprint density at radius 3 is 2.68 bits per heavy atom. The Hall–Kier alpha value is -0.570. The van der Waals surface area contributed by atoms with Gasteiger partial charge in [-0.3, -0.25) is 9.59 Å². The van der Waals surface area contributed by atoms with Crippen LogP contribution < -0.4 is 0 Å². The lowest BCUT2D eigenvalue weighted by Crippen LogP contribution is -2.50. The normalized spacial score (nSPS) is 46.0. The lowest BCUT2D eigenvalue weighted by molar-refractivity contribution is -0.117. The minimum atomic E-state index is 0.271. The maximum absolute atomic E-state index is 11.9. The summed E-state index contributed by atoms with van der Waals surface area (Å²) in [5.74, 6) is 4.54. The summed E-state index contributed by atoms with van der Waals surface area (Å²) in [5.41, 5.74) is 2.19. The summed E-state index contributed by atoms with van der Waals surface area (Å²) in [5, 5.41) is 0.271. The Kier molecular flexibility index (Phi) is 4.46. The van der Waals surface area contributed by atoms with Crippen molar-refractivity contribution in [1.29, 1.82) is 0 Å². The van der Waals surface area contributed by atoms with Gasteiger partial charge in [0, 0.05) is 19.1 Å². The SMILES string of the molecule is CC(=O)SCC1CCC2C3CCC4=CC(=O)CCC4(C)C3CCC12C. The van der Waals surface area contributed by atoms with Crippen molar-refractivity contribution < 1.29 is 9.59 Å².